The molecule has 1 heterocycles. The molecule has 0 spiro atoms. The minimum atomic E-state index is 0.492. The van der Waals surface area contributed by atoms with Gasteiger partial charge >= 0.3 is 0 Å². The molecule has 1 aliphatic heterocycles. The number of benzene rings is 1. The van der Waals surface area contributed by atoms with Crippen molar-refractivity contribution in [3.63, 3.8) is 0 Å². The van der Waals surface area contributed by atoms with E-state index in [4.69, 9.17) is 9.47 Å². The van der Waals surface area contributed by atoms with E-state index in [1.165, 1.54) is 31.2 Å². The molecular weight excluding hydrogens is 238 g/mol. The fourth-order valence-corrected chi connectivity index (χ4v) is 3.18. The zero-order valence-corrected chi connectivity index (χ0v) is 11.7. The topological polar surface area (TPSA) is 30.5 Å². The van der Waals surface area contributed by atoms with E-state index in [0.29, 0.717) is 18.6 Å². The fourth-order valence-electron chi connectivity index (χ4n) is 3.18. The predicted octanol–water partition coefficient (Wildman–Crippen LogP) is 3.13. The fraction of sp³-hybridized carbons (Fsp3) is 0.625. The van der Waals surface area contributed by atoms with Gasteiger partial charge in [0, 0.05) is 18.7 Å². The Labute approximate surface area is 115 Å². The van der Waals surface area contributed by atoms with Gasteiger partial charge in [-0.15, -0.1) is 0 Å². The molecule has 3 nitrogen and oxygen atoms in total. The molecule has 19 heavy (non-hydrogen) atoms. The molecule has 1 fully saturated rings. The lowest BCUT2D eigenvalue weighted by molar-refractivity contribution is 0.169. The lowest BCUT2D eigenvalue weighted by Gasteiger charge is -2.25. The predicted molar refractivity (Wildman–Crippen MR) is 75.7 cm³/mol. The van der Waals surface area contributed by atoms with E-state index < -0.39 is 0 Å². The van der Waals surface area contributed by atoms with Gasteiger partial charge in [0.15, 0.2) is 11.5 Å². The maximum absolute atomic E-state index is 5.74. The molecule has 0 saturated heterocycles. The number of rotatable bonds is 4. The van der Waals surface area contributed by atoms with Crippen LogP contribution >= 0.6 is 0 Å². The van der Waals surface area contributed by atoms with Crippen LogP contribution < -0.4 is 14.8 Å². The van der Waals surface area contributed by atoms with Crippen molar-refractivity contribution in [3.8, 4) is 11.5 Å². The van der Waals surface area contributed by atoms with Gasteiger partial charge < -0.3 is 14.8 Å². The van der Waals surface area contributed by atoms with Gasteiger partial charge in [0.05, 0.1) is 0 Å². The molecule has 1 aromatic rings. The Morgan fingerprint density at radius 3 is 2.79 bits per heavy atom. The minimum absolute atomic E-state index is 0.492. The minimum Gasteiger partial charge on any atom is -0.486 e. The number of hydrogen-bond acceptors (Lipinski definition) is 3. The van der Waals surface area contributed by atoms with Gasteiger partial charge in [-0.1, -0.05) is 31.9 Å². The Kier molecular flexibility index (Phi) is 3.65. The van der Waals surface area contributed by atoms with Crippen molar-refractivity contribution in [3.05, 3.63) is 23.8 Å². The SMILES string of the molecule is CC1(CNCc2cccc3c2OCCO3)CCCC1. The lowest BCUT2D eigenvalue weighted by atomic mass is 9.89. The molecule has 3 rings (SSSR count). The Morgan fingerprint density at radius 2 is 1.95 bits per heavy atom. The Balaban J connectivity index is 1.61. The highest BCUT2D eigenvalue weighted by atomic mass is 16.6. The van der Waals surface area contributed by atoms with Crippen LogP contribution in [0.3, 0.4) is 0 Å². The zero-order chi connectivity index (χ0) is 13.1. The first-order valence-corrected chi connectivity index (χ1v) is 7.35. The maximum atomic E-state index is 5.74. The van der Waals surface area contributed by atoms with E-state index in [-0.39, 0.29) is 0 Å². The standard InChI is InChI=1S/C16H23NO2/c1-16(7-2-3-8-16)12-17-11-13-5-4-6-14-15(13)19-10-9-18-14/h4-6,17H,2-3,7-12H2,1H3. The van der Waals surface area contributed by atoms with Gasteiger partial charge in [0.25, 0.3) is 0 Å². The van der Waals surface area contributed by atoms with Crippen LogP contribution in [0, 0.1) is 5.41 Å². The van der Waals surface area contributed by atoms with Crippen LogP contribution in [0.1, 0.15) is 38.2 Å². The van der Waals surface area contributed by atoms with Crippen LogP contribution in [-0.2, 0) is 6.54 Å². The number of fused-ring (bicyclic) bond motifs is 1. The Hall–Kier alpha value is -1.22. The molecule has 1 N–H and O–H groups in total. The number of ether oxygens (including phenoxy) is 2. The van der Waals surface area contributed by atoms with E-state index in [1.807, 2.05) is 12.1 Å². The smallest absolute Gasteiger partial charge is 0.165 e. The Bertz CT molecular complexity index is 438. The van der Waals surface area contributed by atoms with Crippen LogP contribution in [0.2, 0.25) is 0 Å². The van der Waals surface area contributed by atoms with Gasteiger partial charge in [0.1, 0.15) is 13.2 Å². The zero-order valence-electron chi connectivity index (χ0n) is 11.7. The number of hydrogen-bond donors (Lipinski definition) is 1. The molecule has 0 aromatic heterocycles. The molecule has 0 bridgehead atoms. The third-order valence-electron chi connectivity index (χ3n) is 4.33. The van der Waals surface area contributed by atoms with E-state index in [0.717, 1.165) is 24.6 Å². The molecule has 1 aliphatic carbocycles. The molecular formula is C16H23NO2. The van der Waals surface area contributed by atoms with Crippen molar-refractivity contribution < 1.29 is 9.47 Å². The Morgan fingerprint density at radius 1 is 1.16 bits per heavy atom. The number of para-hydroxylation sites is 1. The molecule has 2 aliphatic rings. The first kappa shape index (κ1) is 12.8. The molecule has 1 aromatic carbocycles. The highest BCUT2D eigenvalue weighted by Gasteiger charge is 2.28. The molecule has 3 heteroatoms. The van der Waals surface area contributed by atoms with Crippen LogP contribution in [0.15, 0.2) is 18.2 Å². The van der Waals surface area contributed by atoms with Gasteiger partial charge in [-0.2, -0.15) is 0 Å². The van der Waals surface area contributed by atoms with Crippen LogP contribution in [0.25, 0.3) is 0 Å². The highest BCUT2D eigenvalue weighted by molar-refractivity contribution is 5.47. The summed E-state index contributed by atoms with van der Waals surface area (Å²) in [6, 6.07) is 6.15. The lowest BCUT2D eigenvalue weighted by Crippen LogP contribution is -2.29. The maximum Gasteiger partial charge on any atom is 0.165 e. The van der Waals surface area contributed by atoms with Crippen molar-refractivity contribution in [2.24, 2.45) is 5.41 Å². The molecule has 104 valence electrons. The summed E-state index contributed by atoms with van der Waals surface area (Å²) in [6.45, 7) is 5.66. The molecule has 0 amide bonds. The second-order valence-electron chi connectivity index (χ2n) is 6.06. The normalized spacial score (nSPS) is 20.5. The molecule has 0 unspecified atom stereocenters. The van der Waals surface area contributed by atoms with Crippen LogP contribution in [0.4, 0.5) is 0 Å². The van der Waals surface area contributed by atoms with Gasteiger partial charge in [-0.25, -0.2) is 0 Å². The largest absolute Gasteiger partial charge is 0.486 e. The van der Waals surface area contributed by atoms with Crippen molar-refractivity contribution in [2.45, 2.75) is 39.2 Å². The molecule has 0 atom stereocenters. The second-order valence-corrected chi connectivity index (χ2v) is 6.06. The summed E-state index contributed by atoms with van der Waals surface area (Å²) in [7, 11) is 0. The summed E-state index contributed by atoms with van der Waals surface area (Å²) < 4.78 is 11.3. The summed E-state index contributed by atoms with van der Waals surface area (Å²) in [5.74, 6) is 1.82. The van der Waals surface area contributed by atoms with Crippen molar-refractivity contribution >= 4 is 0 Å². The summed E-state index contributed by atoms with van der Waals surface area (Å²) in [4.78, 5) is 0. The third kappa shape index (κ3) is 2.86. The van der Waals surface area contributed by atoms with Gasteiger partial charge in [0.2, 0.25) is 0 Å². The third-order valence-corrected chi connectivity index (χ3v) is 4.33. The monoisotopic (exact) mass is 261 g/mol. The van der Waals surface area contributed by atoms with Gasteiger partial charge in [-0.3, -0.25) is 0 Å². The van der Waals surface area contributed by atoms with E-state index in [9.17, 15) is 0 Å². The molecule has 1 saturated carbocycles. The summed E-state index contributed by atoms with van der Waals surface area (Å²) >= 11 is 0. The van der Waals surface area contributed by atoms with E-state index in [2.05, 4.69) is 18.3 Å². The van der Waals surface area contributed by atoms with Gasteiger partial charge in [-0.05, 0) is 24.3 Å². The second kappa shape index (κ2) is 5.41. The number of nitrogens with one attached hydrogen (secondary N) is 1. The van der Waals surface area contributed by atoms with Crippen molar-refractivity contribution in [1.82, 2.24) is 5.32 Å². The summed E-state index contributed by atoms with van der Waals surface area (Å²) in [5.41, 5.74) is 1.70. The summed E-state index contributed by atoms with van der Waals surface area (Å²) in [5, 5.41) is 3.60. The first-order chi connectivity index (χ1) is 9.27. The first-order valence-electron chi connectivity index (χ1n) is 7.35. The quantitative estimate of drug-likeness (QED) is 0.903. The highest BCUT2D eigenvalue weighted by Crippen LogP contribution is 2.37. The average Bonchev–Trinajstić information content (AvgIpc) is 2.86. The van der Waals surface area contributed by atoms with Crippen LogP contribution in [0.5, 0.6) is 11.5 Å². The average molecular weight is 261 g/mol. The van der Waals surface area contributed by atoms with Crippen molar-refractivity contribution in [1.29, 1.82) is 0 Å². The molecule has 0 radical (unpaired) electrons. The van der Waals surface area contributed by atoms with Crippen molar-refractivity contribution in [2.75, 3.05) is 19.8 Å². The van der Waals surface area contributed by atoms with E-state index >= 15 is 0 Å². The summed E-state index contributed by atoms with van der Waals surface area (Å²) in [6.07, 6.45) is 5.48. The van der Waals surface area contributed by atoms with E-state index in [1.54, 1.807) is 0 Å². The van der Waals surface area contributed by atoms with Crippen LogP contribution in [-0.4, -0.2) is 19.8 Å².